The van der Waals surface area contributed by atoms with Crippen LogP contribution >= 0.6 is 11.8 Å². The molecule has 1 unspecified atom stereocenters. The number of aromatic nitrogens is 4. The third-order valence-corrected chi connectivity index (χ3v) is 6.42. The van der Waals surface area contributed by atoms with Crippen LogP contribution in [0.15, 0.2) is 88.8 Å². The molecule has 0 bridgehead atoms. The van der Waals surface area contributed by atoms with Gasteiger partial charge in [-0.1, -0.05) is 59.8 Å². The van der Waals surface area contributed by atoms with E-state index in [1.165, 1.54) is 11.8 Å². The van der Waals surface area contributed by atoms with E-state index in [1.807, 2.05) is 91.0 Å². The Morgan fingerprint density at radius 2 is 1.64 bits per heavy atom. The Morgan fingerprint density at radius 3 is 2.39 bits per heavy atom. The lowest BCUT2D eigenvalue weighted by molar-refractivity contribution is -0.115. The molecule has 5 rings (SSSR count). The molecule has 1 atom stereocenters. The molecule has 7 nitrogen and oxygen atoms in total. The molecule has 164 valence electrons. The molecular weight excluding hydrogens is 434 g/mol. The van der Waals surface area contributed by atoms with E-state index in [1.54, 1.807) is 10.6 Å². The van der Waals surface area contributed by atoms with E-state index >= 15 is 0 Å². The zero-order chi connectivity index (χ0) is 22.9. The highest BCUT2D eigenvalue weighted by atomic mass is 32.2. The smallest absolute Gasteiger partial charge is 0.267 e. The van der Waals surface area contributed by atoms with E-state index in [9.17, 15) is 9.59 Å². The fourth-order valence-electron chi connectivity index (χ4n) is 3.66. The van der Waals surface area contributed by atoms with Crippen molar-refractivity contribution in [3.05, 3.63) is 94.8 Å². The number of hydrogen-bond acceptors (Lipinski definition) is 5. The van der Waals surface area contributed by atoms with E-state index in [4.69, 9.17) is 0 Å². The lowest BCUT2D eigenvalue weighted by atomic mass is 10.2. The molecule has 0 saturated carbocycles. The van der Waals surface area contributed by atoms with Gasteiger partial charge in [-0.25, -0.2) is 4.57 Å². The second kappa shape index (κ2) is 8.55. The van der Waals surface area contributed by atoms with Crippen LogP contribution in [-0.2, 0) is 4.79 Å². The number of fused-ring (bicyclic) bond motifs is 3. The molecule has 3 aromatic carbocycles. The standard InChI is InChI=1S/C25H21N5O2S/c1-16-12-14-19(15-13-16)29-23(32)20-10-6-7-11-21(20)30-24(29)27-28-25(30)33-17(2)22(31)26-18-8-4-3-5-9-18/h3-15,17H,1-2H3,(H,26,31). The molecule has 0 fully saturated rings. The highest BCUT2D eigenvalue weighted by molar-refractivity contribution is 8.00. The molecule has 2 aromatic heterocycles. The predicted molar refractivity (Wildman–Crippen MR) is 131 cm³/mol. The fourth-order valence-corrected chi connectivity index (χ4v) is 4.51. The third kappa shape index (κ3) is 3.89. The summed E-state index contributed by atoms with van der Waals surface area (Å²) in [5.41, 5.74) is 3.07. The van der Waals surface area contributed by atoms with Gasteiger partial charge in [0.1, 0.15) is 0 Å². The van der Waals surface area contributed by atoms with Crippen molar-refractivity contribution in [1.29, 1.82) is 0 Å². The Hall–Kier alpha value is -3.91. The quantitative estimate of drug-likeness (QED) is 0.396. The molecule has 0 aliphatic rings. The zero-order valence-electron chi connectivity index (χ0n) is 18.1. The number of hydrogen-bond donors (Lipinski definition) is 1. The van der Waals surface area contributed by atoms with Crippen molar-refractivity contribution in [2.75, 3.05) is 5.32 Å². The Labute approximate surface area is 194 Å². The van der Waals surface area contributed by atoms with Crippen LogP contribution in [-0.4, -0.2) is 30.3 Å². The molecule has 0 spiro atoms. The Bertz CT molecular complexity index is 1520. The first kappa shape index (κ1) is 21.0. The summed E-state index contributed by atoms with van der Waals surface area (Å²) >= 11 is 1.30. The minimum absolute atomic E-state index is 0.140. The number of nitrogens with one attached hydrogen (secondary N) is 1. The molecule has 1 amide bonds. The number of amides is 1. The van der Waals surface area contributed by atoms with Gasteiger partial charge in [0.2, 0.25) is 11.7 Å². The van der Waals surface area contributed by atoms with E-state index in [0.29, 0.717) is 27.5 Å². The number of nitrogens with zero attached hydrogens (tertiary/aromatic N) is 4. The van der Waals surface area contributed by atoms with Gasteiger partial charge in [-0.2, -0.15) is 0 Å². The fraction of sp³-hybridized carbons (Fsp3) is 0.120. The van der Waals surface area contributed by atoms with Crippen molar-refractivity contribution >= 4 is 40.0 Å². The first-order valence-corrected chi connectivity index (χ1v) is 11.4. The van der Waals surface area contributed by atoms with E-state index in [2.05, 4.69) is 15.5 Å². The summed E-state index contributed by atoms with van der Waals surface area (Å²) in [6.45, 7) is 3.82. The van der Waals surface area contributed by atoms with Gasteiger partial charge < -0.3 is 5.32 Å². The van der Waals surface area contributed by atoms with Gasteiger partial charge in [-0.05, 0) is 50.2 Å². The first-order chi connectivity index (χ1) is 16.0. The van der Waals surface area contributed by atoms with Crippen molar-refractivity contribution < 1.29 is 4.79 Å². The number of carbonyl (C=O) groups excluding carboxylic acids is 1. The Balaban J connectivity index is 1.60. The summed E-state index contributed by atoms with van der Waals surface area (Å²) < 4.78 is 3.40. The summed E-state index contributed by atoms with van der Waals surface area (Å²) in [6.07, 6.45) is 0. The Morgan fingerprint density at radius 1 is 0.939 bits per heavy atom. The maximum absolute atomic E-state index is 13.4. The number of para-hydroxylation sites is 2. The first-order valence-electron chi connectivity index (χ1n) is 10.5. The van der Waals surface area contributed by atoms with E-state index in [-0.39, 0.29) is 11.5 Å². The van der Waals surface area contributed by atoms with Gasteiger partial charge in [0, 0.05) is 5.69 Å². The molecule has 2 heterocycles. The minimum Gasteiger partial charge on any atom is -0.325 e. The van der Waals surface area contributed by atoms with Gasteiger partial charge in [0.05, 0.1) is 21.8 Å². The van der Waals surface area contributed by atoms with Gasteiger partial charge in [0.25, 0.3) is 5.56 Å². The predicted octanol–water partition coefficient (Wildman–Crippen LogP) is 4.46. The van der Waals surface area contributed by atoms with Crippen molar-refractivity contribution in [3.63, 3.8) is 0 Å². The highest BCUT2D eigenvalue weighted by Gasteiger charge is 2.22. The van der Waals surface area contributed by atoms with E-state index < -0.39 is 5.25 Å². The molecule has 5 aromatic rings. The monoisotopic (exact) mass is 455 g/mol. The van der Waals surface area contributed by atoms with Crippen LogP contribution in [0, 0.1) is 6.92 Å². The third-order valence-electron chi connectivity index (χ3n) is 5.38. The highest BCUT2D eigenvalue weighted by Crippen LogP contribution is 2.27. The molecule has 0 aliphatic heterocycles. The van der Waals surface area contributed by atoms with Gasteiger partial charge >= 0.3 is 0 Å². The second-order valence-electron chi connectivity index (χ2n) is 7.73. The van der Waals surface area contributed by atoms with Crippen molar-refractivity contribution in [3.8, 4) is 5.69 Å². The molecular formula is C25H21N5O2S. The molecule has 8 heteroatoms. The lowest BCUT2D eigenvalue weighted by Crippen LogP contribution is -2.23. The van der Waals surface area contributed by atoms with Crippen LogP contribution in [0.1, 0.15) is 12.5 Å². The van der Waals surface area contributed by atoms with Crippen LogP contribution in [0.25, 0.3) is 22.4 Å². The normalized spacial score (nSPS) is 12.2. The summed E-state index contributed by atoms with van der Waals surface area (Å²) in [5.74, 6) is 0.264. The van der Waals surface area contributed by atoms with Crippen molar-refractivity contribution in [1.82, 2.24) is 19.2 Å². The Kier molecular flexibility index (Phi) is 5.43. The van der Waals surface area contributed by atoms with Gasteiger partial charge in [-0.15, -0.1) is 10.2 Å². The molecule has 33 heavy (non-hydrogen) atoms. The zero-order valence-corrected chi connectivity index (χ0v) is 18.9. The van der Waals surface area contributed by atoms with Crippen LogP contribution in [0.5, 0.6) is 0 Å². The lowest BCUT2D eigenvalue weighted by Gasteiger charge is -2.13. The van der Waals surface area contributed by atoms with Crippen LogP contribution < -0.4 is 10.9 Å². The molecule has 1 N–H and O–H groups in total. The summed E-state index contributed by atoms with van der Waals surface area (Å²) in [6, 6.07) is 24.4. The van der Waals surface area contributed by atoms with Gasteiger partial charge in [-0.3, -0.25) is 14.0 Å². The van der Waals surface area contributed by atoms with Crippen LogP contribution in [0.3, 0.4) is 0 Å². The second-order valence-corrected chi connectivity index (χ2v) is 9.03. The van der Waals surface area contributed by atoms with Gasteiger partial charge in [0.15, 0.2) is 5.16 Å². The summed E-state index contributed by atoms with van der Waals surface area (Å²) in [4.78, 5) is 26.1. The van der Waals surface area contributed by atoms with Crippen molar-refractivity contribution in [2.45, 2.75) is 24.3 Å². The number of benzene rings is 3. The SMILES string of the molecule is Cc1ccc(-n2c(=O)c3ccccc3n3c(SC(C)C(=O)Nc4ccccc4)nnc23)cc1. The number of carbonyl (C=O) groups is 1. The average molecular weight is 456 g/mol. The number of thioether (sulfide) groups is 1. The topological polar surface area (TPSA) is 81.3 Å². The van der Waals surface area contributed by atoms with E-state index in [0.717, 1.165) is 11.3 Å². The number of aryl methyl sites for hydroxylation is 1. The molecule has 0 aliphatic carbocycles. The van der Waals surface area contributed by atoms with Crippen LogP contribution in [0.4, 0.5) is 5.69 Å². The maximum atomic E-state index is 13.4. The summed E-state index contributed by atoms with van der Waals surface area (Å²) in [5, 5.41) is 12.3. The average Bonchev–Trinajstić information content (AvgIpc) is 3.24. The maximum Gasteiger partial charge on any atom is 0.267 e. The molecule has 0 saturated heterocycles. The van der Waals surface area contributed by atoms with Crippen molar-refractivity contribution in [2.24, 2.45) is 0 Å². The number of anilines is 1. The van der Waals surface area contributed by atoms with Crippen LogP contribution in [0.2, 0.25) is 0 Å². The minimum atomic E-state index is -0.434. The largest absolute Gasteiger partial charge is 0.325 e. The number of rotatable bonds is 5. The summed E-state index contributed by atoms with van der Waals surface area (Å²) in [7, 11) is 0. The molecule has 0 radical (unpaired) electrons.